The van der Waals surface area contributed by atoms with Gasteiger partial charge in [-0.05, 0) is 42.0 Å². The summed E-state index contributed by atoms with van der Waals surface area (Å²) in [6.45, 7) is 2.70. The van der Waals surface area contributed by atoms with Gasteiger partial charge in [0.2, 0.25) is 11.5 Å². The molecule has 0 radical (unpaired) electrons. The smallest absolute Gasteiger partial charge is 0.303 e. The molecule has 0 bridgehead atoms. The number of hydrogen-bond donors (Lipinski definition) is 0. The summed E-state index contributed by atoms with van der Waals surface area (Å²) in [5, 5.41) is 0. The molecule has 0 aliphatic carbocycles. The number of ether oxygens (including phenoxy) is 12. The van der Waals surface area contributed by atoms with Crippen molar-refractivity contribution < 1.29 is 66.4 Å². The zero-order chi connectivity index (χ0) is 41.4. The van der Waals surface area contributed by atoms with Crippen molar-refractivity contribution in [3.05, 3.63) is 82.4 Å². The first-order valence-electron chi connectivity index (χ1n) is 18.0. The molecule has 0 spiro atoms. The Hall–Kier alpha value is -6.18. The number of hydrogen-bond acceptors (Lipinski definition) is 14. The molecule has 14 nitrogen and oxygen atoms in total. The maximum atomic E-state index is 13.0. The van der Waals surface area contributed by atoms with Crippen LogP contribution in [0.4, 0.5) is 0 Å². The van der Waals surface area contributed by atoms with Gasteiger partial charge in [-0.25, -0.2) is 0 Å². The van der Waals surface area contributed by atoms with Crippen molar-refractivity contribution in [2.75, 3.05) is 64.0 Å². The molecule has 0 N–H and O–H groups in total. The molecule has 0 amide bonds. The maximum absolute atomic E-state index is 13.0. The standard InChI is InChI=1S/C43H50O14/c1-23(44)55-35(21-27-14-17-32(48-5)42(53-10)39(27)51-8)37(25-12-15-30(46-3)33(19-25)49-6)29-18-28-22-36(56-24(2)45)38(57-40(28)43(54-11)41(29)52-9)26-13-16-31(47-4)34(20-26)50-7/h12-20,35-38H,21-22H2,1-11H3. The van der Waals surface area contributed by atoms with Gasteiger partial charge in [0.15, 0.2) is 52.1 Å². The molecular formula is C43H50O14. The van der Waals surface area contributed by atoms with Crippen molar-refractivity contribution in [1.29, 1.82) is 0 Å². The van der Waals surface area contributed by atoms with Gasteiger partial charge in [0.25, 0.3) is 0 Å². The third kappa shape index (κ3) is 8.64. The van der Waals surface area contributed by atoms with Crippen LogP contribution in [0.25, 0.3) is 0 Å². The van der Waals surface area contributed by atoms with Gasteiger partial charge >= 0.3 is 11.9 Å². The highest BCUT2D eigenvalue weighted by Gasteiger charge is 2.41. The van der Waals surface area contributed by atoms with Gasteiger partial charge in [-0.1, -0.05) is 18.2 Å². The summed E-state index contributed by atoms with van der Waals surface area (Å²) in [5.41, 5.74) is 3.28. The number of methoxy groups -OCH3 is 9. The fourth-order valence-electron chi connectivity index (χ4n) is 7.38. The summed E-state index contributed by atoms with van der Waals surface area (Å²) in [5.74, 6) is 2.46. The van der Waals surface area contributed by atoms with E-state index in [1.54, 1.807) is 45.6 Å². The second kappa shape index (κ2) is 18.6. The third-order valence-electron chi connectivity index (χ3n) is 9.76. The highest BCUT2D eigenvalue weighted by atomic mass is 16.6. The Labute approximate surface area is 332 Å². The van der Waals surface area contributed by atoms with Crippen LogP contribution in [0, 0.1) is 0 Å². The number of carbonyl (C=O) groups is 2. The first-order valence-corrected chi connectivity index (χ1v) is 18.0. The summed E-state index contributed by atoms with van der Waals surface area (Å²) < 4.78 is 70.6. The topological polar surface area (TPSA) is 145 Å². The summed E-state index contributed by atoms with van der Waals surface area (Å²) in [6, 6.07) is 16.3. The molecule has 0 saturated heterocycles. The van der Waals surface area contributed by atoms with E-state index in [9.17, 15) is 9.59 Å². The van der Waals surface area contributed by atoms with Crippen LogP contribution in [0.15, 0.2) is 54.6 Å². The molecule has 4 unspecified atom stereocenters. The first kappa shape index (κ1) is 42.0. The fourth-order valence-corrected chi connectivity index (χ4v) is 7.38. The molecule has 0 aromatic heterocycles. The van der Waals surface area contributed by atoms with Gasteiger partial charge in [0.1, 0.15) is 12.2 Å². The second-order valence-electron chi connectivity index (χ2n) is 13.0. The molecule has 4 aromatic rings. The predicted octanol–water partition coefficient (Wildman–Crippen LogP) is 6.68. The number of carbonyl (C=O) groups excluding carboxylic acids is 2. The lowest BCUT2D eigenvalue weighted by atomic mass is 9.81. The minimum absolute atomic E-state index is 0.151. The first-order chi connectivity index (χ1) is 27.5. The van der Waals surface area contributed by atoms with Crippen LogP contribution in [0.3, 0.4) is 0 Å². The van der Waals surface area contributed by atoms with Gasteiger partial charge in [0, 0.05) is 48.9 Å². The molecule has 14 heteroatoms. The quantitative estimate of drug-likeness (QED) is 0.105. The average molecular weight is 791 g/mol. The lowest BCUT2D eigenvalue weighted by Crippen LogP contribution is -2.35. The monoisotopic (exact) mass is 790 g/mol. The molecule has 4 aromatic carbocycles. The summed E-state index contributed by atoms with van der Waals surface area (Å²) in [7, 11) is 13.8. The van der Waals surface area contributed by atoms with E-state index in [-0.39, 0.29) is 18.6 Å². The van der Waals surface area contributed by atoms with Crippen LogP contribution in [0.5, 0.6) is 57.5 Å². The average Bonchev–Trinajstić information content (AvgIpc) is 3.21. The van der Waals surface area contributed by atoms with Crippen LogP contribution in [-0.2, 0) is 31.9 Å². The number of rotatable bonds is 17. The van der Waals surface area contributed by atoms with E-state index in [0.29, 0.717) is 79.6 Å². The highest BCUT2D eigenvalue weighted by Crippen LogP contribution is 2.53. The van der Waals surface area contributed by atoms with Crippen molar-refractivity contribution >= 4 is 11.9 Å². The Morgan fingerprint density at radius 2 is 1.19 bits per heavy atom. The van der Waals surface area contributed by atoms with Crippen LogP contribution in [-0.4, -0.2) is 88.1 Å². The van der Waals surface area contributed by atoms with E-state index >= 15 is 0 Å². The molecule has 1 aliphatic heterocycles. The number of benzene rings is 4. The molecule has 306 valence electrons. The minimum Gasteiger partial charge on any atom is -0.493 e. The molecule has 0 saturated carbocycles. The van der Waals surface area contributed by atoms with Crippen LogP contribution >= 0.6 is 0 Å². The van der Waals surface area contributed by atoms with Crippen LogP contribution in [0.2, 0.25) is 0 Å². The Morgan fingerprint density at radius 1 is 0.614 bits per heavy atom. The molecule has 1 aliphatic rings. The third-order valence-corrected chi connectivity index (χ3v) is 9.76. The van der Waals surface area contributed by atoms with Crippen molar-refractivity contribution in [1.82, 2.24) is 0 Å². The Bertz CT molecular complexity index is 2060. The number of fused-ring (bicyclic) bond motifs is 1. The van der Waals surface area contributed by atoms with E-state index in [1.165, 1.54) is 56.5 Å². The van der Waals surface area contributed by atoms with Crippen LogP contribution < -0.4 is 47.4 Å². The molecule has 0 fully saturated rings. The van der Waals surface area contributed by atoms with E-state index < -0.39 is 36.2 Å². The van der Waals surface area contributed by atoms with Crippen molar-refractivity contribution in [2.24, 2.45) is 0 Å². The lowest BCUT2D eigenvalue weighted by molar-refractivity contribution is -0.152. The molecular weight excluding hydrogens is 740 g/mol. The zero-order valence-electron chi connectivity index (χ0n) is 34.1. The Morgan fingerprint density at radius 3 is 1.75 bits per heavy atom. The normalized spacial score (nSPS) is 15.4. The SMILES string of the molecule is COc1ccc(C2Oc3c(cc(C(c4ccc(OC)c(OC)c4)C(Cc4ccc(OC)c(OC)c4OC)OC(C)=O)c(OC)c3OC)CC2OC(C)=O)cc1OC. The Balaban J connectivity index is 1.77. The number of esters is 2. The molecule has 57 heavy (non-hydrogen) atoms. The molecule has 5 rings (SSSR count). The van der Waals surface area contributed by atoms with E-state index in [0.717, 1.165) is 0 Å². The van der Waals surface area contributed by atoms with Crippen LogP contribution in [0.1, 0.15) is 53.7 Å². The van der Waals surface area contributed by atoms with E-state index in [4.69, 9.17) is 56.8 Å². The summed E-state index contributed by atoms with van der Waals surface area (Å²) in [4.78, 5) is 25.6. The second-order valence-corrected chi connectivity index (χ2v) is 13.0. The zero-order valence-corrected chi connectivity index (χ0v) is 34.1. The van der Waals surface area contributed by atoms with Crippen molar-refractivity contribution in [2.45, 2.75) is 50.9 Å². The maximum Gasteiger partial charge on any atom is 0.303 e. The highest BCUT2D eigenvalue weighted by molar-refractivity contribution is 5.69. The van der Waals surface area contributed by atoms with Gasteiger partial charge < -0.3 is 56.8 Å². The Kier molecular flexibility index (Phi) is 13.7. The summed E-state index contributed by atoms with van der Waals surface area (Å²) in [6.07, 6.45) is -2.05. The van der Waals surface area contributed by atoms with Gasteiger partial charge in [0.05, 0.1) is 69.9 Å². The van der Waals surface area contributed by atoms with Crippen molar-refractivity contribution in [3.8, 4) is 57.5 Å². The lowest BCUT2D eigenvalue weighted by Gasteiger charge is -2.36. The van der Waals surface area contributed by atoms with E-state index in [2.05, 4.69) is 0 Å². The predicted molar refractivity (Wildman–Crippen MR) is 208 cm³/mol. The van der Waals surface area contributed by atoms with Gasteiger partial charge in [-0.15, -0.1) is 0 Å². The van der Waals surface area contributed by atoms with Gasteiger partial charge in [-0.2, -0.15) is 0 Å². The minimum atomic E-state index is -0.891. The van der Waals surface area contributed by atoms with Gasteiger partial charge in [-0.3, -0.25) is 9.59 Å². The molecule has 1 heterocycles. The van der Waals surface area contributed by atoms with Crippen molar-refractivity contribution in [3.63, 3.8) is 0 Å². The molecule has 4 atom stereocenters. The summed E-state index contributed by atoms with van der Waals surface area (Å²) >= 11 is 0. The van der Waals surface area contributed by atoms with E-state index in [1.807, 2.05) is 30.3 Å². The largest absolute Gasteiger partial charge is 0.493 e. The fraction of sp³-hybridized carbons (Fsp3) is 0.395.